The normalized spacial score (nSPS) is 15.8. The predicted molar refractivity (Wildman–Crippen MR) is 112 cm³/mol. The van der Waals surface area contributed by atoms with E-state index < -0.39 is 0 Å². The topological polar surface area (TPSA) is 42.9 Å². The van der Waals surface area contributed by atoms with E-state index in [0.29, 0.717) is 6.04 Å². The molecule has 0 spiro atoms. The highest BCUT2D eigenvalue weighted by atomic mass is 15.2. The van der Waals surface area contributed by atoms with E-state index in [9.17, 15) is 0 Å². The zero-order valence-corrected chi connectivity index (χ0v) is 17.1. The smallest absolute Gasteiger partial charge is 0.191 e. The zero-order chi connectivity index (χ0) is 18.8. The SMILES string of the molecule is CCN(CCNC(=NC)NCc1ccc(CN2CCCC2)cc1)C(C)C. The van der Waals surface area contributed by atoms with Crippen molar-refractivity contribution < 1.29 is 0 Å². The minimum Gasteiger partial charge on any atom is -0.355 e. The molecule has 0 atom stereocenters. The molecule has 5 nitrogen and oxygen atoms in total. The summed E-state index contributed by atoms with van der Waals surface area (Å²) in [5.41, 5.74) is 2.70. The molecule has 2 rings (SSSR count). The lowest BCUT2D eigenvalue weighted by molar-refractivity contribution is 0.237. The third kappa shape index (κ3) is 6.96. The summed E-state index contributed by atoms with van der Waals surface area (Å²) in [4.78, 5) is 9.31. The van der Waals surface area contributed by atoms with E-state index in [1.807, 2.05) is 7.05 Å². The summed E-state index contributed by atoms with van der Waals surface area (Å²) in [6, 6.07) is 9.54. The van der Waals surface area contributed by atoms with Gasteiger partial charge >= 0.3 is 0 Å². The molecule has 0 bridgehead atoms. The van der Waals surface area contributed by atoms with Crippen LogP contribution in [0.2, 0.25) is 0 Å². The van der Waals surface area contributed by atoms with Crippen molar-refractivity contribution in [3.63, 3.8) is 0 Å². The minimum absolute atomic E-state index is 0.579. The Morgan fingerprint density at radius 3 is 2.35 bits per heavy atom. The third-order valence-electron chi connectivity index (χ3n) is 5.14. The second kappa shape index (κ2) is 11.2. The molecule has 1 aliphatic heterocycles. The van der Waals surface area contributed by atoms with E-state index >= 15 is 0 Å². The lowest BCUT2D eigenvalue weighted by Crippen LogP contribution is -2.42. The fraction of sp³-hybridized carbons (Fsp3) is 0.667. The van der Waals surface area contributed by atoms with Gasteiger partial charge in [0.15, 0.2) is 5.96 Å². The Morgan fingerprint density at radius 1 is 1.12 bits per heavy atom. The summed E-state index contributed by atoms with van der Waals surface area (Å²) in [5.74, 6) is 0.867. The Balaban J connectivity index is 1.71. The third-order valence-corrected chi connectivity index (χ3v) is 5.14. The number of rotatable bonds is 9. The highest BCUT2D eigenvalue weighted by Gasteiger charge is 2.11. The van der Waals surface area contributed by atoms with Gasteiger partial charge in [-0.2, -0.15) is 0 Å². The average Bonchev–Trinajstić information content (AvgIpc) is 3.15. The number of nitrogens with zero attached hydrogens (tertiary/aromatic N) is 3. The van der Waals surface area contributed by atoms with Gasteiger partial charge in [-0.3, -0.25) is 14.8 Å². The molecule has 0 saturated carbocycles. The van der Waals surface area contributed by atoms with Crippen LogP contribution in [-0.2, 0) is 13.1 Å². The maximum atomic E-state index is 4.33. The van der Waals surface area contributed by atoms with E-state index in [-0.39, 0.29) is 0 Å². The quantitative estimate of drug-likeness (QED) is 0.525. The van der Waals surface area contributed by atoms with Crippen molar-refractivity contribution in [1.82, 2.24) is 20.4 Å². The molecule has 1 saturated heterocycles. The minimum atomic E-state index is 0.579. The fourth-order valence-corrected chi connectivity index (χ4v) is 3.47. The van der Waals surface area contributed by atoms with E-state index in [4.69, 9.17) is 0 Å². The van der Waals surface area contributed by atoms with Crippen molar-refractivity contribution in [3.8, 4) is 0 Å². The van der Waals surface area contributed by atoms with E-state index in [1.165, 1.54) is 37.1 Å². The zero-order valence-electron chi connectivity index (χ0n) is 17.1. The maximum Gasteiger partial charge on any atom is 0.191 e. The van der Waals surface area contributed by atoms with Crippen molar-refractivity contribution in [3.05, 3.63) is 35.4 Å². The van der Waals surface area contributed by atoms with Gasteiger partial charge in [-0.05, 0) is 57.5 Å². The Hall–Kier alpha value is -1.59. The second-order valence-corrected chi connectivity index (χ2v) is 7.37. The van der Waals surface area contributed by atoms with Gasteiger partial charge in [0, 0.05) is 39.3 Å². The van der Waals surface area contributed by atoms with Gasteiger partial charge in [0.2, 0.25) is 0 Å². The molecule has 146 valence electrons. The number of nitrogens with one attached hydrogen (secondary N) is 2. The van der Waals surface area contributed by atoms with Crippen molar-refractivity contribution >= 4 is 5.96 Å². The van der Waals surface area contributed by atoms with Crippen LogP contribution in [0.3, 0.4) is 0 Å². The molecule has 0 amide bonds. The summed E-state index contributed by atoms with van der Waals surface area (Å²) < 4.78 is 0. The lowest BCUT2D eigenvalue weighted by atomic mass is 10.1. The van der Waals surface area contributed by atoms with Crippen LogP contribution in [-0.4, -0.2) is 61.6 Å². The first-order valence-electron chi connectivity index (χ1n) is 10.1. The second-order valence-electron chi connectivity index (χ2n) is 7.37. The largest absolute Gasteiger partial charge is 0.355 e. The summed E-state index contributed by atoms with van der Waals surface area (Å²) in [6.45, 7) is 14.1. The van der Waals surface area contributed by atoms with Crippen molar-refractivity contribution in [2.45, 2.75) is 52.7 Å². The van der Waals surface area contributed by atoms with Gasteiger partial charge in [-0.25, -0.2) is 0 Å². The summed E-state index contributed by atoms with van der Waals surface area (Å²) >= 11 is 0. The molecule has 1 aliphatic rings. The first-order valence-corrected chi connectivity index (χ1v) is 10.1. The van der Waals surface area contributed by atoms with Crippen molar-refractivity contribution in [2.24, 2.45) is 4.99 Å². The van der Waals surface area contributed by atoms with Gasteiger partial charge in [0.1, 0.15) is 0 Å². The molecule has 5 heteroatoms. The van der Waals surface area contributed by atoms with E-state index in [0.717, 1.165) is 38.7 Å². The van der Waals surface area contributed by atoms with Crippen LogP contribution < -0.4 is 10.6 Å². The highest BCUT2D eigenvalue weighted by Crippen LogP contribution is 2.13. The Kier molecular flexibility index (Phi) is 8.92. The molecule has 1 aromatic carbocycles. The van der Waals surface area contributed by atoms with Crippen LogP contribution in [0, 0.1) is 0 Å². The van der Waals surface area contributed by atoms with Gasteiger partial charge < -0.3 is 10.6 Å². The first-order chi connectivity index (χ1) is 12.6. The van der Waals surface area contributed by atoms with Crippen molar-refractivity contribution in [1.29, 1.82) is 0 Å². The molecule has 1 heterocycles. The predicted octanol–water partition coefficient (Wildman–Crippen LogP) is 2.68. The summed E-state index contributed by atoms with van der Waals surface area (Å²) in [5, 5.41) is 6.82. The number of likely N-dealkylation sites (N-methyl/N-ethyl adjacent to an activating group) is 1. The van der Waals surface area contributed by atoms with E-state index in [1.54, 1.807) is 0 Å². The Bertz CT molecular complexity index is 532. The molecular formula is C21H37N5. The number of benzene rings is 1. The molecule has 2 N–H and O–H groups in total. The molecule has 0 unspecified atom stereocenters. The van der Waals surface area contributed by atoms with Crippen LogP contribution in [0.5, 0.6) is 0 Å². The van der Waals surface area contributed by atoms with Crippen LogP contribution in [0.4, 0.5) is 0 Å². The average molecular weight is 360 g/mol. The van der Waals surface area contributed by atoms with Gasteiger partial charge in [-0.15, -0.1) is 0 Å². The van der Waals surface area contributed by atoms with Crippen LogP contribution in [0.15, 0.2) is 29.3 Å². The molecule has 1 aromatic rings. The van der Waals surface area contributed by atoms with Crippen molar-refractivity contribution in [2.75, 3.05) is 39.8 Å². The van der Waals surface area contributed by atoms with Crippen LogP contribution >= 0.6 is 0 Å². The van der Waals surface area contributed by atoms with Gasteiger partial charge in [0.25, 0.3) is 0 Å². The highest BCUT2D eigenvalue weighted by molar-refractivity contribution is 5.79. The summed E-state index contributed by atoms with van der Waals surface area (Å²) in [7, 11) is 1.83. The monoisotopic (exact) mass is 359 g/mol. The van der Waals surface area contributed by atoms with Gasteiger partial charge in [-0.1, -0.05) is 31.2 Å². The molecule has 26 heavy (non-hydrogen) atoms. The molecule has 0 radical (unpaired) electrons. The Morgan fingerprint density at radius 2 is 1.77 bits per heavy atom. The maximum absolute atomic E-state index is 4.33. The van der Waals surface area contributed by atoms with Crippen LogP contribution in [0.1, 0.15) is 44.7 Å². The standard InChI is InChI=1S/C21H37N5/c1-5-26(18(2)3)15-12-23-21(22-4)24-16-19-8-10-20(11-9-19)17-25-13-6-7-14-25/h8-11,18H,5-7,12-17H2,1-4H3,(H2,22,23,24). The number of hydrogen-bond donors (Lipinski definition) is 2. The number of hydrogen-bond acceptors (Lipinski definition) is 3. The summed E-state index contributed by atoms with van der Waals surface area (Å²) in [6.07, 6.45) is 2.70. The molecule has 1 fully saturated rings. The van der Waals surface area contributed by atoms with E-state index in [2.05, 4.69) is 70.5 Å². The molecule has 0 aliphatic carbocycles. The van der Waals surface area contributed by atoms with Gasteiger partial charge in [0.05, 0.1) is 0 Å². The first kappa shape index (κ1) is 20.7. The lowest BCUT2D eigenvalue weighted by Gasteiger charge is -2.25. The molecule has 0 aromatic heterocycles. The Labute approximate surface area is 159 Å². The number of aliphatic imine (C=N–C) groups is 1. The van der Waals surface area contributed by atoms with Crippen LogP contribution in [0.25, 0.3) is 0 Å². The molecular weight excluding hydrogens is 322 g/mol. The number of guanidine groups is 1. The number of likely N-dealkylation sites (tertiary alicyclic amines) is 1. The fourth-order valence-electron chi connectivity index (χ4n) is 3.47.